The Morgan fingerprint density at radius 3 is 2.55 bits per heavy atom. The molecule has 8 heteroatoms. The van der Waals surface area contributed by atoms with Crippen LogP contribution in [0.1, 0.15) is 22.8 Å². The molecule has 146 valence electrons. The van der Waals surface area contributed by atoms with E-state index >= 15 is 0 Å². The van der Waals surface area contributed by atoms with E-state index in [0.717, 1.165) is 33.7 Å². The Bertz CT molecular complexity index is 1180. The molecule has 0 aliphatic carbocycles. The molecule has 0 saturated heterocycles. The Morgan fingerprint density at radius 2 is 1.76 bits per heavy atom. The van der Waals surface area contributed by atoms with Crippen LogP contribution >= 0.6 is 11.3 Å². The Balaban J connectivity index is 1.44. The van der Waals surface area contributed by atoms with E-state index in [1.165, 1.54) is 11.3 Å². The van der Waals surface area contributed by atoms with E-state index < -0.39 is 0 Å². The number of carbonyl (C=O) groups is 1. The van der Waals surface area contributed by atoms with Crippen molar-refractivity contribution in [2.45, 2.75) is 27.2 Å². The molecule has 29 heavy (non-hydrogen) atoms. The summed E-state index contributed by atoms with van der Waals surface area (Å²) in [5, 5.41) is 9.50. The first kappa shape index (κ1) is 18.9. The second-order valence-electron chi connectivity index (χ2n) is 6.79. The molecule has 2 N–H and O–H groups in total. The van der Waals surface area contributed by atoms with E-state index in [0.29, 0.717) is 16.8 Å². The summed E-state index contributed by atoms with van der Waals surface area (Å²) in [7, 11) is 0. The summed E-state index contributed by atoms with van der Waals surface area (Å²) >= 11 is 1.42. The fraction of sp³-hybridized carbons (Fsp3) is 0.190. The van der Waals surface area contributed by atoms with Crippen LogP contribution in [0.3, 0.4) is 0 Å². The predicted octanol–water partition coefficient (Wildman–Crippen LogP) is 4.33. The van der Waals surface area contributed by atoms with Gasteiger partial charge in [-0.05, 0) is 51.1 Å². The number of pyridine rings is 1. The lowest BCUT2D eigenvalue weighted by Crippen LogP contribution is -2.15. The minimum absolute atomic E-state index is 0.127. The van der Waals surface area contributed by atoms with Crippen LogP contribution < -0.4 is 10.6 Å². The summed E-state index contributed by atoms with van der Waals surface area (Å²) in [5.41, 5.74) is 5.00. The van der Waals surface area contributed by atoms with Crippen molar-refractivity contribution < 1.29 is 4.79 Å². The second kappa shape index (κ2) is 7.92. The van der Waals surface area contributed by atoms with Crippen molar-refractivity contribution in [1.82, 2.24) is 19.9 Å². The van der Waals surface area contributed by atoms with Crippen LogP contribution in [0.15, 0.2) is 41.8 Å². The molecule has 7 nitrogen and oxygen atoms in total. The maximum atomic E-state index is 12.5. The van der Waals surface area contributed by atoms with Crippen LogP contribution in [0.4, 0.5) is 16.8 Å². The van der Waals surface area contributed by atoms with Crippen LogP contribution in [0, 0.1) is 20.8 Å². The fourth-order valence-electron chi connectivity index (χ4n) is 3.05. The van der Waals surface area contributed by atoms with Crippen LogP contribution in [0.2, 0.25) is 0 Å². The first-order chi connectivity index (χ1) is 14.0. The number of hydrogen-bond donors (Lipinski definition) is 2. The molecule has 1 aromatic carbocycles. The average molecular weight is 404 g/mol. The standard InChI is InChI=1S/C21H20N6OS/c1-12-7-8-16-17(22-12)5-4-6-18(16)26-19(28)10-15-11-29-21(25-15)27-20-23-13(2)9-14(3)24-20/h4-9,11H,10H2,1-3H3,(H,26,28)(H,23,24,25,27). The molecule has 0 saturated carbocycles. The molecule has 1 amide bonds. The Hall–Kier alpha value is -3.39. The number of fused-ring (bicyclic) bond motifs is 1. The summed E-state index contributed by atoms with van der Waals surface area (Å²) in [6.07, 6.45) is 0.182. The predicted molar refractivity (Wildman–Crippen MR) is 116 cm³/mol. The zero-order valence-electron chi connectivity index (χ0n) is 16.4. The van der Waals surface area contributed by atoms with Gasteiger partial charge in [0.05, 0.1) is 23.3 Å². The number of nitrogens with zero attached hydrogens (tertiary/aromatic N) is 4. The van der Waals surface area contributed by atoms with E-state index in [1.54, 1.807) is 0 Å². The van der Waals surface area contributed by atoms with Crippen LogP contribution in [0.5, 0.6) is 0 Å². The van der Waals surface area contributed by atoms with Gasteiger partial charge in [-0.25, -0.2) is 15.0 Å². The summed E-state index contributed by atoms with van der Waals surface area (Å²) < 4.78 is 0. The number of aromatic nitrogens is 4. The third kappa shape index (κ3) is 4.55. The molecule has 0 radical (unpaired) electrons. The minimum Gasteiger partial charge on any atom is -0.325 e. The maximum Gasteiger partial charge on any atom is 0.230 e. The van der Waals surface area contributed by atoms with Gasteiger partial charge in [0.1, 0.15) is 0 Å². The molecule has 0 fully saturated rings. The van der Waals surface area contributed by atoms with Gasteiger partial charge in [-0.2, -0.15) is 0 Å². The number of benzene rings is 1. The van der Waals surface area contributed by atoms with E-state index in [2.05, 4.69) is 30.6 Å². The lowest BCUT2D eigenvalue weighted by molar-refractivity contribution is -0.115. The largest absolute Gasteiger partial charge is 0.325 e. The van der Waals surface area contributed by atoms with Crippen molar-refractivity contribution >= 4 is 44.9 Å². The highest BCUT2D eigenvalue weighted by Crippen LogP contribution is 2.23. The third-order valence-corrected chi connectivity index (χ3v) is 5.05. The molecule has 4 rings (SSSR count). The topological polar surface area (TPSA) is 92.7 Å². The monoisotopic (exact) mass is 404 g/mol. The van der Waals surface area contributed by atoms with Gasteiger partial charge >= 0.3 is 0 Å². The highest BCUT2D eigenvalue weighted by atomic mass is 32.1. The quantitative estimate of drug-likeness (QED) is 0.514. The average Bonchev–Trinajstić information content (AvgIpc) is 3.07. The smallest absolute Gasteiger partial charge is 0.230 e. The molecule has 0 atom stereocenters. The minimum atomic E-state index is -0.127. The molecule has 3 heterocycles. The van der Waals surface area contributed by atoms with Gasteiger partial charge in [0.15, 0.2) is 5.13 Å². The molecular weight excluding hydrogens is 384 g/mol. The van der Waals surface area contributed by atoms with E-state index in [1.807, 2.05) is 62.5 Å². The normalized spacial score (nSPS) is 10.9. The zero-order valence-corrected chi connectivity index (χ0v) is 17.2. The molecule has 4 aromatic rings. The first-order valence-electron chi connectivity index (χ1n) is 9.16. The van der Waals surface area contributed by atoms with Crippen molar-refractivity contribution in [3.8, 4) is 0 Å². The van der Waals surface area contributed by atoms with E-state index in [4.69, 9.17) is 0 Å². The van der Waals surface area contributed by atoms with Crippen molar-refractivity contribution in [3.63, 3.8) is 0 Å². The molecule has 0 unspecified atom stereocenters. The second-order valence-corrected chi connectivity index (χ2v) is 7.65. The first-order valence-corrected chi connectivity index (χ1v) is 10.0. The molecule has 0 spiro atoms. The van der Waals surface area contributed by atoms with Gasteiger partial charge in [-0.15, -0.1) is 11.3 Å². The molecule has 0 bridgehead atoms. The lowest BCUT2D eigenvalue weighted by atomic mass is 10.1. The number of nitrogens with one attached hydrogen (secondary N) is 2. The maximum absolute atomic E-state index is 12.5. The summed E-state index contributed by atoms with van der Waals surface area (Å²) in [4.78, 5) is 30.2. The van der Waals surface area contributed by atoms with Crippen LogP contribution in [0.25, 0.3) is 10.9 Å². The molecular formula is C21H20N6OS. The number of hydrogen-bond acceptors (Lipinski definition) is 7. The molecule has 3 aromatic heterocycles. The van der Waals surface area contributed by atoms with Crippen molar-refractivity contribution in [3.05, 3.63) is 64.6 Å². The highest BCUT2D eigenvalue weighted by Gasteiger charge is 2.11. The van der Waals surface area contributed by atoms with Crippen LogP contribution in [-0.4, -0.2) is 25.8 Å². The van der Waals surface area contributed by atoms with Crippen molar-refractivity contribution in [2.75, 3.05) is 10.6 Å². The Morgan fingerprint density at radius 1 is 0.966 bits per heavy atom. The number of amides is 1. The number of carbonyl (C=O) groups excluding carboxylic acids is 1. The Labute approximate surface area is 172 Å². The van der Waals surface area contributed by atoms with Crippen molar-refractivity contribution in [2.24, 2.45) is 0 Å². The summed E-state index contributed by atoms with van der Waals surface area (Å²) in [6, 6.07) is 11.5. The summed E-state index contributed by atoms with van der Waals surface area (Å²) in [5.74, 6) is 0.379. The van der Waals surface area contributed by atoms with E-state index in [-0.39, 0.29) is 12.3 Å². The highest BCUT2D eigenvalue weighted by molar-refractivity contribution is 7.13. The van der Waals surface area contributed by atoms with Gasteiger partial charge in [-0.3, -0.25) is 9.78 Å². The van der Waals surface area contributed by atoms with Gasteiger partial charge in [-0.1, -0.05) is 6.07 Å². The summed E-state index contributed by atoms with van der Waals surface area (Å²) in [6.45, 7) is 5.78. The number of anilines is 3. The number of aryl methyl sites for hydroxylation is 3. The fourth-order valence-corrected chi connectivity index (χ4v) is 3.75. The van der Waals surface area contributed by atoms with Gasteiger partial charge in [0.25, 0.3) is 0 Å². The van der Waals surface area contributed by atoms with Gasteiger partial charge in [0, 0.05) is 27.8 Å². The molecule has 0 aliphatic rings. The van der Waals surface area contributed by atoms with Gasteiger partial charge in [0.2, 0.25) is 11.9 Å². The van der Waals surface area contributed by atoms with E-state index in [9.17, 15) is 4.79 Å². The SMILES string of the molecule is Cc1cc(C)nc(Nc2nc(CC(=O)Nc3cccc4nc(C)ccc34)cs2)n1. The van der Waals surface area contributed by atoms with Crippen molar-refractivity contribution in [1.29, 1.82) is 0 Å². The zero-order chi connectivity index (χ0) is 20.4. The van der Waals surface area contributed by atoms with Gasteiger partial charge < -0.3 is 10.6 Å². The molecule has 0 aliphatic heterocycles. The third-order valence-electron chi connectivity index (χ3n) is 4.24. The Kier molecular flexibility index (Phi) is 5.18. The number of rotatable bonds is 5. The lowest BCUT2D eigenvalue weighted by Gasteiger charge is -2.08. The number of thiazole rings is 1. The van der Waals surface area contributed by atoms with Crippen LogP contribution in [-0.2, 0) is 11.2 Å².